The molecule has 0 radical (unpaired) electrons. The summed E-state index contributed by atoms with van der Waals surface area (Å²) in [5.74, 6) is 2.43. The standard InChI is InChI=1S/C17H32BNO2/c1-11(2)7-15(19-6)18-20-14-9-12-8-13(10-16(12,3)4)17(14,5)21-18/h11-15,19H,7-10H2,1-6H3/t12?,13?,14?,15?,17-/m0/s1. The maximum atomic E-state index is 6.55. The Morgan fingerprint density at radius 1 is 1.19 bits per heavy atom. The van der Waals surface area contributed by atoms with Crippen molar-refractivity contribution in [2.24, 2.45) is 23.2 Å². The van der Waals surface area contributed by atoms with Crippen molar-refractivity contribution in [1.82, 2.24) is 5.32 Å². The van der Waals surface area contributed by atoms with Gasteiger partial charge < -0.3 is 14.6 Å². The van der Waals surface area contributed by atoms with Crippen LogP contribution in [0, 0.1) is 23.2 Å². The molecule has 4 heteroatoms. The normalized spacial score (nSPS) is 42.4. The molecule has 3 aliphatic rings. The van der Waals surface area contributed by atoms with Gasteiger partial charge in [-0.25, -0.2) is 0 Å². The van der Waals surface area contributed by atoms with Crippen molar-refractivity contribution in [3.05, 3.63) is 0 Å². The zero-order chi connectivity index (χ0) is 15.4. The van der Waals surface area contributed by atoms with Gasteiger partial charge in [-0.15, -0.1) is 0 Å². The van der Waals surface area contributed by atoms with E-state index in [1.165, 1.54) is 19.3 Å². The molecule has 1 heterocycles. The van der Waals surface area contributed by atoms with E-state index in [4.69, 9.17) is 9.31 Å². The maximum Gasteiger partial charge on any atom is 0.475 e. The van der Waals surface area contributed by atoms with Crippen LogP contribution in [0.5, 0.6) is 0 Å². The molecule has 4 unspecified atom stereocenters. The van der Waals surface area contributed by atoms with Gasteiger partial charge in [0.25, 0.3) is 0 Å². The van der Waals surface area contributed by atoms with Crippen LogP contribution in [0.25, 0.3) is 0 Å². The van der Waals surface area contributed by atoms with Crippen LogP contribution in [-0.4, -0.2) is 31.8 Å². The predicted molar refractivity (Wildman–Crippen MR) is 87.0 cm³/mol. The summed E-state index contributed by atoms with van der Waals surface area (Å²) in [4.78, 5) is 0. The highest BCUT2D eigenvalue weighted by molar-refractivity contribution is 6.47. The van der Waals surface area contributed by atoms with Crippen molar-refractivity contribution in [3.63, 3.8) is 0 Å². The fourth-order valence-electron chi connectivity index (χ4n) is 5.01. The molecule has 120 valence electrons. The van der Waals surface area contributed by atoms with Gasteiger partial charge in [-0.1, -0.05) is 27.7 Å². The highest BCUT2D eigenvalue weighted by atomic mass is 16.7. The number of hydrogen-bond acceptors (Lipinski definition) is 3. The summed E-state index contributed by atoms with van der Waals surface area (Å²) in [6, 6.07) is 0. The molecule has 1 saturated heterocycles. The Morgan fingerprint density at radius 2 is 1.90 bits per heavy atom. The number of rotatable bonds is 4. The Labute approximate surface area is 130 Å². The van der Waals surface area contributed by atoms with Crippen LogP contribution >= 0.6 is 0 Å². The van der Waals surface area contributed by atoms with Crippen molar-refractivity contribution < 1.29 is 9.31 Å². The molecule has 3 fully saturated rings. The smallest absolute Gasteiger partial charge is 0.404 e. The second-order valence-corrected chi connectivity index (χ2v) is 8.88. The summed E-state index contributed by atoms with van der Waals surface area (Å²) < 4.78 is 13.0. The number of fused-ring (bicyclic) bond motifs is 4. The molecular weight excluding hydrogens is 261 g/mol. The summed E-state index contributed by atoms with van der Waals surface area (Å²) >= 11 is 0. The van der Waals surface area contributed by atoms with Crippen molar-refractivity contribution in [3.8, 4) is 0 Å². The molecular formula is C17H32BNO2. The summed E-state index contributed by atoms with van der Waals surface area (Å²) in [6.45, 7) is 11.7. The topological polar surface area (TPSA) is 30.5 Å². The minimum absolute atomic E-state index is 0.0684. The van der Waals surface area contributed by atoms with Gasteiger partial charge in [0.15, 0.2) is 0 Å². The number of hydrogen-bond donors (Lipinski definition) is 1. The third-order valence-electron chi connectivity index (χ3n) is 6.49. The predicted octanol–water partition coefficient (Wildman–Crippen LogP) is 3.28. The Morgan fingerprint density at radius 3 is 2.52 bits per heavy atom. The quantitative estimate of drug-likeness (QED) is 0.807. The first-order valence-corrected chi connectivity index (χ1v) is 8.77. The maximum absolute atomic E-state index is 6.55. The first kappa shape index (κ1) is 15.8. The fourth-order valence-corrected chi connectivity index (χ4v) is 5.01. The lowest BCUT2D eigenvalue weighted by Crippen LogP contribution is -2.48. The molecule has 0 aromatic carbocycles. The molecule has 2 saturated carbocycles. The lowest BCUT2D eigenvalue weighted by atomic mass is 9.73. The molecule has 0 aromatic rings. The van der Waals surface area contributed by atoms with Gasteiger partial charge in [0.1, 0.15) is 0 Å². The molecule has 21 heavy (non-hydrogen) atoms. The van der Waals surface area contributed by atoms with Gasteiger partial charge >= 0.3 is 7.12 Å². The van der Waals surface area contributed by atoms with Gasteiger partial charge in [-0.2, -0.15) is 0 Å². The zero-order valence-electron chi connectivity index (χ0n) is 14.6. The van der Waals surface area contributed by atoms with Crippen molar-refractivity contribution in [2.45, 2.75) is 77.9 Å². The monoisotopic (exact) mass is 293 g/mol. The molecule has 0 spiro atoms. The van der Waals surface area contributed by atoms with Gasteiger partial charge in [-0.3, -0.25) is 0 Å². The molecule has 0 aromatic heterocycles. The molecule has 1 aliphatic heterocycles. The largest absolute Gasteiger partial charge is 0.475 e. The van der Waals surface area contributed by atoms with E-state index in [1.54, 1.807) is 0 Å². The first-order chi connectivity index (χ1) is 9.76. The molecule has 5 atom stereocenters. The van der Waals surface area contributed by atoms with Crippen LogP contribution in [0.3, 0.4) is 0 Å². The molecule has 3 rings (SSSR count). The summed E-state index contributed by atoms with van der Waals surface area (Å²) in [7, 11) is 1.95. The first-order valence-electron chi connectivity index (χ1n) is 8.77. The van der Waals surface area contributed by atoms with E-state index in [0.717, 1.165) is 12.3 Å². The highest BCUT2D eigenvalue weighted by Crippen LogP contribution is 2.60. The van der Waals surface area contributed by atoms with E-state index in [1.807, 2.05) is 7.05 Å². The van der Waals surface area contributed by atoms with Gasteiger partial charge in [0.05, 0.1) is 11.7 Å². The average molecular weight is 293 g/mol. The zero-order valence-corrected chi connectivity index (χ0v) is 14.6. The minimum atomic E-state index is -0.0742. The van der Waals surface area contributed by atoms with Gasteiger partial charge in [-0.05, 0) is 62.8 Å². The Bertz CT molecular complexity index is 400. The van der Waals surface area contributed by atoms with E-state index in [0.29, 0.717) is 23.2 Å². The lowest BCUT2D eigenvalue weighted by molar-refractivity contribution is -0.0295. The molecule has 1 N–H and O–H groups in total. The van der Waals surface area contributed by atoms with Crippen LogP contribution in [0.2, 0.25) is 0 Å². The van der Waals surface area contributed by atoms with Crippen molar-refractivity contribution >= 4 is 7.12 Å². The van der Waals surface area contributed by atoms with Crippen LogP contribution in [0.1, 0.15) is 60.3 Å². The second-order valence-electron chi connectivity index (χ2n) is 8.88. The Balaban J connectivity index is 1.75. The summed E-state index contributed by atoms with van der Waals surface area (Å²) in [5, 5.41) is 3.41. The van der Waals surface area contributed by atoms with E-state index >= 15 is 0 Å². The van der Waals surface area contributed by atoms with Crippen LogP contribution in [-0.2, 0) is 9.31 Å². The summed E-state index contributed by atoms with van der Waals surface area (Å²) in [5.41, 5.74) is 0.390. The van der Waals surface area contributed by atoms with Crippen LogP contribution in [0.4, 0.5) is 0 Å². The van der Waals surface area contributed by atoms with Crippen LogP contribution < -0.4 is 5.32 Å². The molecule has 2 bridgehead atoms. The van der Waals surface area contributed by atoms with Gasteiger partial charge in [0, 0.05) is 5.94 Å². The molecule has 3 nitrogen and oxygen atoms in total. The third-order valence-corrected chi connectivity index (χ3v) is 6.49. The molecule has 2 aliphatic carbocycles. The Kier molecular flexibility index (Phi) is 3.95. The average Bonchev–Trinajstić information content (AvgIpc) is 2.86. The summed E-state index contributed by atoms with van der Waals surface area (Å²) in [6.07, 6.45) is 5.17. The van der Waals surface area contributed by atoms with E-state index in [-0.39, 0.29) is 18.8 Å². The SMILES string of the molecule is CNC(CC(C)C)B1OC2CC3CC(CC3(C)C)[C@]2(C)O1. The minimum Gasteiger partial charge on any atom is -0.404 e. The van der Waals surface area contributed by atoms with Gasteiger partial charge in [0.2, 0.25) is 0 Å². The second kappa shape index (κ2) is 5.24. The third kappa shape index (κ3) is 2.57. The van der Waals surface area contributed by atoms with E-state index in [2.05, 4.69) is 39.9 Å². The van der Waals surface area contributed by atoms with Crippen molar-refractivity contribution in [2.75, 3.05) is 7.05 Å². The van der Waals surface area contributed by atoms with Crippen LogP contribution in [0.15, 0.2) is 0 Å². The van der Waals surface area contributed by atoms with E-state index < -0.39 is 0 Å². The van der Waals surface area contributed by atoms with Crippen molar-refractivity contribution in [1.29, 1.82) is 0 Å². The molecule has 0 amide bonds. The highest BCUT2D eigenvalue weighted by Gasteiger charge is 2.62. The number of nitrogens with one attached hydrogen (secondary N) is 1. The lowest BCUT2D eigenvalue weighted by Gasteiger charge is -2.40. The fraction of sp³-hybridized carbons (Fsp3) is 1.00. The Hall–Kier alpha value is -0.0551. The van der Waals surface area contributed by atoms with E-state index in [9.17, 15) is 0 Å².